The second-order valence-corrected chi connectivity index (χ2v) is 8.19. The summed E-state index contributed by atoms with van der Waals surface area (Å²) in [6.45, 7) is 0.498. The van der Waals surface area contributed by atoms with Crippen LogP contribution in [0.25, 0.3) is 0 Å². The molecule has 170 valence electrons. The van der Waals surface area contributed by atoms with Crippen molar-refractivity contribution in [1.82, 2.24) is 4.90 Å². The van der Waals surface area contributed by atoms with E-state index in [9.17, 15) is 18.8 Å². The largest absolute Gasteiger partial charge is 0.487 e. The number of hydrogen-bond donors (Lipinski definition) is 0. The van der Waals surface area contributed by atoms with Gasteiger partial charge in [0.2, 0.25) is 0 Å². The molecule has 1 heterocycles. The number of hydrogen-bond acceptors (Lipinski definition) is 6. The van der Waals surface area contributed by atoms with Crippen LogP contribution < -0.4 is 9.47 Å². The summed E-state index contributed by atoms with van der Waals surface area (Å²) in [5.74, 6) is -0.00550. The van der Waals surface area contributed by atoms with E-state index in [-0.39, 0.29) is 30.1 Å². The first-order chi connectivity index (χ1) is 15.0. The Morgan fingerprint density at radius 1 is 1.23 bits per heavy atom. The van der Waals surface area contributed by atoms with E-state index in [1.165, 1.54) is 6.07 Å². The molecule has 1 aliphatic carbocycles. The Kier molecular flexibility index (Phi) is 8.08. The predicted octanol–water partition coefficient (Wildman–Crippen LogP) is 4.42. The first kappa shape index (κ1) is 23.3. The van der Waals surface area contributed by atoms with Gasteiger partial charge in [-0.25, -0.2) is 0 Å². The highest BCUT2D eigenvalue weighted by atomic mass is 19.3. The smallest absolute Gasteiger partial charge is 0.387 e. The Labute approximate surface area is 182 Å². The van der Waals surface area contributed by atoms with E-state index in [1.54, 1.807) is 19.1 Å². The molecule has 1 aromatic rings. The molecule has 0 atom stereocenters. The SMILES string of the molecule is CCOC(=O)CN1CCC(C#N)(c2ccc(OC(F)F)c(OC3CCCCC3)c2)CC1. The number of ether oxygens (including phenoxy) is 3. The van der Waals surface area contributed by atoms with Crippen molar-refractivity contribution in [1.29, 1.82) is 5.26 Å². The fourth-order valence-corrected chi connectivity index (χ4v) is 4.40. The summed E-state index contributed by atoms with van der Waals surface area (Å²) >= 11 is 0. The summed E-state index contributed by atoms with van der Waals surface area (Å²) in [6.07, 6.45) is 6.03. The van der Waals surface area contributed by atoms with Gasteiger partial charge >= 0.3 is 12.6 Å². The number of piperidine rings is 1. The van der Waals surface area contributed by atoms with Crippen molar-refractivity contribution >= 4 is 5.97 Å². The Morgan fingerprint density at radius 2 is 1.94 bits per heavy atom. The summed E-state index contributed by atoms with van der Waals surface area (Å²) in [5, 5.41) is 10.0. The normalized spacial score (nSPS) is 19.6. The minimum absolute atomic E-state index is 0.00263. The minimum atomic E-state index is -2.95. The van der Waals surface area contributed by atoms with Crippen LogP contribution in [-0.2, 0) is 14.9 Å². The molecule has 0 N–H and O–H groups in total. The third-order valence-electron chi connectivity index (χ3n) is 6.14. The van der Waals surface area contributed by atoms with Crippen LogP contribution in [-0.4, -0.2) is 49.8 Å². The van der Waals surface area contributed by atoms with Gasteiger partial charge in [-0.1, -0.05) is 12.5 Å². The Bertz CT molecular complexity index is 782. The highest BCUT2D eigenvalue weighted by Gasteiger charge is 2.38. The standard InChI is InChI=1S/C23H30F2N2O4/c1-2-29-21(28)15-27-12-10-23(16-26,11-13-27)17-8-9-19(31-22(24)25)20(14-17)30-18-6-4-3-5-7-18/h8-9,14,18,22H,2-7,10-13,15H2,1H3. The zero-order valence-corrected chi connectivity index (χ0v) is 17.9. The third-order valence-corrected chi connectivity index (χ3v) is 6.14. The zero-order valence-electron chi connectivity index (χ0n) is 17.9. The molecule has 2 aliphatic rings. The van der Waals surface area contributed by atoms with Crippen molar-refractivity contribution in [2.24, 2.45) is 0 Å². The average molecular weight is 436 g/mol. The molecule has 0 bridgehead atoms. The molecule has 31 heavy (non-hydrogen) atoms. The fraction of sp³-hybridized carbons (Fsp3) is 0.652. The van der Waals surface area contributed by atoms with Gasteiger partial charge in [0, 0.05) is 13.1 Å². The number of carbonyl (C=O) groups excluding carboxylic acids is 1. The van der Waals surface area contributed by atoms with Crippen LogP contribution in [0.3, 0.4) is 0 Å². The molecule has 1 aliphatic heterocycles. The zero-order chi connectivity index (χ0) is 22.3. The number of nitriles is 1. The van der Waals surface area contributed by atoms with Crippen LogP contribution in [0.4, 0.5) is 8.78 Å². The van der Waals surface area contributed by atoms with Gasteiger partial charge in [0.25, 0.3) is 0 Å². The van der Waals surface area contributed by atoms with Crippen LogP contribution >= 0.6 is 0 Å². The Hall–Kier alpha value is -2.40. The molecule has 3 rings (SSSR count). The lowest BCUT2D eigenvalue weighted by Gasteiger charge is -2.37. The van der Waals surface area contributed by atoms with Crippen LogP contribution in [0.2, 0.25) is 0 Å². The van der Waals surface area contributed by atoms with Gasteiger partial charge in [-0.05, 0) is 63.1 Å². The average Bonchev–Trinajstić information content (AvgIpc) is 2.76. The number of rotatable bonds is 8. The molecule has 0 amide bonds. The number of halogens is 2. The van der Waals surface area contributed by atoms with Gasteiger partial charge in [0.15, 0.2) is 11.5 Å². The van der Waals surface area contributed by atoms with Crippen LogP contribution in [0.15, 0.2) is 18.2 Å². The Balaban J connectivity index is 1.77. The van der Waals surface area contributed by atoms with Gasteiger partial charge in [0.05, 0.1) is 30.7 Å². The maximum absolute atomic E-state index is 12.9. The fourth-order valence-electron chi connectivity index (χ4n) is 4.40. The molecule has 6 nitrogen and oxygen atoms in total. The van der Waals surface area contributed by atoms with Gasteiger partial charge in [-0.2, -0.15) is 14.0 Å². The lowest BCUT2D eigenvalue weighted by atomic mass is 9.74. The molecule has 1 saturated carbocycles. The number of benzene rings is 1. The quantitative estimate of drug-likeness (QED) is 0.562. The van der Waals surface area contributed by atoms with E-state index >= 15 is 0 Å². The van der Waals surface area contributed by atoms with Crippen molar-refractivity contribution < 1.29 is 27.8 Å². The number of likely N-dealkylation sites (tertiary alicyclic amines) is 1. The molecule has 2 fully saturated rings. The van der Waals surface area contributed by atoms with Gasteiger partial charge in [0.1, 0.15) is 0 Å². The highest BCUT2D eigenvalue weighted by molar-refractivity contribution is 5.71. The second kappa shape index (κ2) is 10.8. The Morgan fingerprint density at radius 3 is 2.55 bits per heavy atom. The van der Waals surface area contributed by atoms with E-state index in [1.807, 2.05) is 4.90 Å². The molecular weight excluding hydrogens is 406 g/mol. The summed E-state index contributed by atoms with van der Waals surface area (Å²) in [6, 6.07) is 7.28. The molecule has 1 aromatic carbocycles. The third kappa shape index (κ3) is 6.07. The van der Waals surface area contributed by atoms with E-state index in [0.29, 0.717) is 32.5 Å². The number of alkyl halides is 2. The summed E-state index contributed by atoms with van der Waals surface area (Å²) in [7, 11) is 0. The topological polar surface area (TPSA) is 71.8 Å². The molecule has 8 heteroatoms. The summed E-state index contributed by atoms with van der Waals surface area (Å²) in [4.78, 5) is 13.7. The van der Waals surface area contributed by atoms with Crippen molar-refractivity contribution in [2.75, 3.05) is 26.2 Å². The lowest BCUT2D eigenvalue weighted by molar-refractivity contribution is -0.144. The van der Waals surface area contributed by atoms with E-state index in [4.69, 9.17) is 9.47 Å². The highest BCUT2D eigenvalue weighted by Crippen LogP contribution is 2.40. The van der Waals surface area contributed by atoms with E-state index < -0.39 is 12.0 Å². The maximum atomic E-state index is 12.9. The molecule has 0 radical (unpaired) electrons. The molecular formula is C23H30F2N2O4. The second-order valence-electron chi connectivity index (χ2n) is 8.19. The minimum Gasteiger partial charge on any atom is -0.487 e. The number of carbonyl (C=O) groups is 1. The van der Waals surface area contributed by atoms with Crippen molar-refractivity contribution in [3.8, 4) is 17.6 Å². The predicted molar refractivity (Wildman–Crippen MR) is 110 cm³/mol. The first-order valence-corrected chi connectivity index (χ1v) is 11.0. The summed E-state index contributed by atoms with van der Waals surface area (Å²) < 4.78 is 41.6. The summed E-state index contributed by atoms with van der Waals surface area (Å²) in [5.41, 5.74) is -0.0302. The molecule has 0 spiro atoms. The maximum Gasteiger partial charge on any atom is 0.387 e. The van der Waals surface area contributed by atoms with Crippen molar-refractivity contribution in [3.63, 3.8) is 0 Å². The van der Waals surface area contributed by atoms with Gasteiger partial charge in [-0.15, -0.1) is 0 Å². The molecule has 0 aromatic heterocycles. The van der Waals surface area contributed by atoms with Crippen LogP contribution in [0.1, 0.15) is 57.4 Å². The number of nitrogens with zero attached hydrogens (tertiary/aromatic N) is 2. The van der Waals surface area contributed by atoms with Crippen molar-refractivity contribution in [3.05, 3.63) is 23.8 Å². The first-order valence-electron chi connectivity index (χ1n) is 11.0. The monoisotopic (exact) mass is 436 g/mol. The van der Waals surface area contributed by atoms with Crippen LogP contribution in [0, 0.1) is 11.3 Å². The van der Waals surface area contributed by atoms with Gasteiger partial charge in [-0.3, -0.25) is 9.69 Å². The molecule has 1 saturated heterocycles. The van der Waals surface area contributed by atoms with Gasteiger partial charge < -0.3 is 14.2 Å². The van der Waals surface area contributed by atoms with Crippen LogP contribution in [0.5, 0.6) is 11.5 Å². The lowest BCUT2D eigenvalue weighted by Crippen LogP contribution is -2.44. The number of esters is 1. The van der Waals surface area contributed by atoms with E-state index in [0.717, 1.165) is 37.7 Å². The van der Waals surface area contributed by atoms with Crippen molar-refractivity contribution in [2.45, 2.75) is 70.0 Å². The molecule has 0 unspecified atom stereocenters. The van der Waals surface area contributed by atoms with E-state index in [2.05, 4.69) is 10.8 Å².